The molecule has 3 aromatic rings. The molecule has 0 saturated carbocycles. The fourth-order valence-electron chi connectivity index (χ4n) is 1.92. The molecule has 0 spiro atoms. The zero-order chi connectivity index (χ0) is 14.1. The second-order valence-electron chi connectivity index (χ2n) is 4.27. The van der Waals surface area contributed by atoms with Crippen LogP contribution in [-0.4, -0.2) is 25.7 Å². The number of rotatable bonds is 2. The third kappa shape index (κ3) is 2.16. The van der Waals surface area contributed by atoms with Gasteiger partial charge in [-0.05, 0) is 6.07 Å². The Hall–Kier alpha value is -2.96. The number of nitrogens with one attached hydrogen (secondary N) is 2. The minimum atomic E-state index is -0.206. The van der Waals surface area contributed by atoms with E-state index in [9.17, 15) is 9.59 Å². The highest BCUT2D eigenvalue weighted by Gasteiger charge is 2.08. The molecule has 0 fully saturated rings. The Morgan fingerprint density at radius 3 is 2.95 bits per heavy atom. The fraction of sp³-hybridized carbons (Fsp3) is 0.0769. The molecule has 0 saturated heterocycles. The fourth-order valence-corrected chi connectivity index (χ4v) is 1.92. The topological polar surface area (TPSA) is 92.7 Å². The van der Waals surface area contributed by atoms with E-state index in [-0.39, 0.29) is 11.5 Å². The van der Waals surface area contributed by atoms with Crippen LogP contribution < -0.4 is 10.9 Å². The lowest BCUT2D eigenvalue weighted by Crippen LogP contribution is -2.10. The van der Waals surface area contributed by atoms with E-state index in [1.807, 2.05) is 0 Å². The van der Waals surface area contributed by atoms with Gasteiger partial charge < -0.3 is 10.3 Å². The number of anilines is 1. The monoisotopic (exact) mass is 269 g/mol. The molecule has 1 amide bonds. The molecule has 100 valence electrons. The zero-order valence-corrected chi connectivity index (χ0v) is 10.6. The van der Waals surface area contributed by atoms with Crippen molar-refractivity contribution in [2.75, 3.05) is 5.32 Å². The first kappa shape index (κ1) is 12.1. The standard InChI is InChI=1S/C13H11N5O2/c1-8(19)16-11-5-10-9(6-14-11)7-15-18(10)12-3-2-4-13(20)17-12/h2-7H,1H3,(H,17,20)(H,14,16,19). The van der Waals surface area contributed by atoms with Crippen molar-refractivity contribution in [3.05, 3.63) is 47.0 Å². The van der Waals surface area contributed by atoms with E-state index in [4.69, 9.17) is 0 Å². The van der Waals surface area contributed by atoms with Crippen LogP contribution in [-0.2, 0) is 4.79 Å². The number of pyridine rings is 2. The largest absolute Gasteiger partial charge is 0.311 e. The third-order valence-electron chi connectivity index (χ3n) is 2.74. The van der Waals surface area contributed by atoms with Crippen molar-refractivity contribution in [3.8, 4) is 5.82 Å². The summed E-state index contributed by atoms with van der Waals surface area (Å²) in [5.74, 6) is 0.786. The first-order chi connectivity index (χ1) is 9.63. The Balaban J connectivity index is 2.16. The van der Waals surface area contributed by atoms with E-state index in [2.05, 4.69) is 20.4 Å². The molecular formula is C13H11N5O2. The van der Waals surface area contributed by atoms with E-state index in [1.165, 1.54) is 13.0 Å². The van der Waals surface area contributed by atoms with Crippen molar-refractivity contribution in [1.82, 2.24) is 19.7 Å². The molecule has 0 aliphatic carbocycles. The smallest absolute Gasteiger partial charge is 0.249 e. The third-order valence-corrected chi connectivity index (χ3v) is 2.74. The molecule has 0 unspecified atom stereocenters. The maximum Gasteiger partial charge on any atom is 0.249 e. The molecule has 7 heteroatoms. The van der Waals surface area contributed by atoms with E-state index >= 15 is 0 Å². The Kier molecular flexibility index (Phi) is 2.79. The number of nitrogens with zero attached hydrogens (tertiary/aromatic N) is 3. The SMILES string of the molecule is CC(=O)Nc1cc2c(cn1)cnn2-c1cccc(=O)[nH]1. The lowest BCUT2D eigenvalue weighted by molar-refractivity contribution is -0.114. The summed E-state index contributed by atoms with van der Waals surface area (Å²) in [4.78, 5) is 29.2. The van der Waals surface area contributed by atoms with Crippen molar-refractivity contribution >= 4 is 22.6 Å². The Bertz CT molecular complexity index is 849. The summed E-state index contributed by atoms with van der Waals surface area (Å²) in [5, 5.41) is 7.64. The van der Waals surface area contributed by atoms with Gasteiger partial charge in [0, 0.05) is 30.6 Å². The van der Waals surface area contributed by atoms with Crippen LogP contribution in [0.4, 0.5) is 5.82 Å². The van der Waals surface area contributed by atoms with Crippen LogP contribution in [0.15, 0.2) is 41.5 Å². The minimum Gasteiger partial charge on any atom is -0.311 e. The van der Waals surface area contributed by atoms with Crippen LogP contribution >= 0.6 is 0 Å². The van der Waals surface area contributed by atoms with Crippen molar-refractivity contribution in [1.29, 1.82) is 0 Å². The van der Waals surface area contributed by atoms with Gasteiger partial charge in [-0.1, -0.05) is 6.07 Å². The van der Waals surface area contributed by atoms with Crippen LogP contribution in [0.25, 0.3) is 16.7 Å². The maximum atomic E-state index is 11.4. The summed E-state index contributed by atoms with van der Waals surface area (Å²) in [6.07, 6.45) is 3.26. The lowest BCUT2D eigenvalue weighted by atomic mass is 10.3. The molecule has 0 aliphatic rings. The first-order valence-electron chi connectivity index (χ1n) is 5.94. The minimum absolute atomic E-state index is 0.198. The summed E-state index contributed by atoms with van der Waals surface area (Å²) >= 11 is 0. The van der Waals surface area contributed by atoms with Gasteiger partial charge in [-0.2, -0.15) is 5.10 Å². The quantitative estimate of drug-likeness (QED) is 0.727. The molecule has 7 nitrogen and oxygen atoms in total. The normalized spacial score (nSPS) is 10.7. The highest BCUT2D eigenvalue weighted by atomic mass is 16.1. The van der Waals surface area contributed by atoms with Crippen molar-refractivity contribution in [2.45, 2.75) is 6.92 Å². The summed E-state index contributed by atoms with van der Waals surface area (Å²) in [7, 11) is 0. The molecule has 20 heavy (non-hydrogen) atoms. The number of hydrogen-bond acceptors (Lipinski definition) is 4. The molecule has 3 aromatic heterocycles. The molecule has 0 atom stereocenters. The highest BCUT2D eigenvalue weighted by molar-refractivity contribution is 5.90. The van der Waals surface area contributed by atoms with Crippen LogP contribution in [0.3, 0.4) is 0 Å². The number of fused-ring (bicyclic) bond motifs is 1. The van der Waals surface area contributed by atoms with Gasteiger partial charge in [0.05, 0.1) is 11.7 Å². The average molecular weight is 269 g/mol. The number of amides is 1. The van der Waals surface area contributed by atoms with E-state index in [0.717, 1.165) is 10.9 Å². The predicted molar refractivity (Wildman–Crippen MR) is 73.8 cm³/mol. The van der Waals surface area contributed by atoms with Crippen LogP contribution in [0.5, 0.6) is 0 Å². The van der Waals surface area contributed by atoms with E-state index in [0.29, 0.717) is 11.6 Å². The van der Waals surface area contributed by atoms with Crippen LogP contribution in [0.1, 0.15) is 6.92 Å². The molecule has 2 N–H and O–H groups in total. The summed E-state index contributed by atoms with van der Waals surface area (Å²) < 4.78 is 1.59. The molecule has 3 rings (SSSR count). The second kappa shape index (κ2) is 4.61. The number of aromatic nitrogens is 4. The summed E-state index contributed by atoms with van der Waals surface area (Å²) in [6.45, 7) is 1.41. The highest BCUT2D eigenvalue weighted by Crippen LogP contribution is 2.18. The number of H-pyrrole nitrogens is 1. The van der Waals surface area contributed by atoms with Gasteiger partial charge in [-0.15, -0.1) is 0 Å². The van der Waals surface area contributed by atoms with Gasteiger partial charge in [-0.25, -0.2) is 9.67 Å². The Labute approximate surface area is 113 Å². The molecule has 0 aliphatic heterocycles. The van der Waals surface area contributed by atoms with E-state index in [1.54, 1.807) is 35.3 Å². The molecular weight excluding hydrogens is 258 g/mol. The average Bonchev–Trinajstić information content (AvgIpc) is 2.81. The predicted octanol–water partition coefficient (Wildman–Crippen LogP) is 1.07. The number of carbonyl (C=O) groups is 1. The number of carbonyl (C=O) groups excluding carboxylic acids is 1. The molecule has 3 heterocycles. The zero-order valence-electron chi connectivity index (χ0n) is 10.6. The van der Waals surface area contributed by atoms with Crippen molar-refractivity contribution in [2.24, 2.45) is 0 Å². The maximum absolute atomic E-state index is 11.4. The molecule has 0 aromatic carbocycles. The second-order valence-corrected chi connectivity index (χ2v) is 4.27. The van der Waals surface area contributed by atoms with Gasteiger partial charge in [0.1, 0.15) is 11.6 Å². The van der Waals surface area contributed by atoms with Gasteiger partial charge in [0.2, 0.25) is 11.5 Å². The Morgan fingerprint density at radius 1 is 1.35 bits per heavy atom. The summed E-state index contributed by atoms with van der Waals surface area (Å²) in [5.41, 5.74) is 0.535. The lowest BCUT2D eigenvalue weighted by Gasteiger charge is -2.04. The molecule has 0 bridgehead atoms. The number of aromatic amines is 1. The van der Waals surface area contributed by atoms with Crippen molar-refractivity contribution < 1.29 is 4.79 Å². The molecule has 0 radical (unpaired) electrons. The van der Waals surface area contributed by atoms with Crippen LogP contribution in [0, 0.1) is 0 Å². The number of hydrogen-bond donors (Lipinski definition) is 2. The van der Waals surface area contributed by atoms with Crippen molar-refractivity contribution in [3.63, 3.8) is 0 Å². The van der Waals surface area contributed by atoms with Gasteiger partial charge in [0.25, 0.3) is 0 Å². The van der Waals surface area contributed by atoms with Gasteiger partial charge >= 0.3 is 0 Å². The van der Waals surface area contributed by atoms with Gasteiger partial charge in [0.15, 0.2) is 0 Å². The van der Waals surface area contributed by atoms with Gasteiger partial charge in [-0.3, -0.25) is 9.59 Å². The van der Waals surface area contributed by atoms with E-state index < -0.39 is 0 Å². The summed E-state index contributed by atoms with van der Waals surface area (Å²) in [6, 6.07) is 6.53. The first-order valence-corrected chi connectivity index (χ1v) is 5.94. The van der Waals surface area contributed by atoms with Crippen LogP contribution in [0.2, 0.25) is 0 Å². The Morgan fingerprint density at radius 2 is 2.20 bits per heavy atom.